The van der Waals surface area contributed by atoms with E-state index in [0.717, 1.165) is 22.7 Å². The van der Waals surface area contributed by atoms with E-state index < -0.39 is 0 Å². The van der Waals surface area contributed by atoms with Crippen LogP contribution in [0, 0.1) is 28.1 Å². The molecule has 2 fully saturated rings. The molecular formula is C13H24. The Morgan fingerprint density at radius 1 is 1.15 bits per heavy atom. The van der Waals surface area contributed by atoms with Crippen molar-refractivity contribution in [2.45, 2.75) is 54.4 Å². The monoisotopic (exact) mass is 180 g/mol. The lowest BCUT2D eigenvalue weighted by Crippen LogP contribution is -2.27. The van der Waals surface area contributed by atoms with E-state index in [9.17, 15) is 0 Å². The average molecular weight is 180 g/mol. The lowest BCUT2D eigenvalue weighted by atomic mass is 9.71. The minimum Gasteiger partial charge on any atom is -0.0648 e. The van der Waals surface area contributed by atoms with Gasteiger partial charge >= 0.3 is 0 Å². The van der Waals surface area contributed by atoms with Crippen LogP contribution in [0.5, 0.6) is 0 Å². The molecule has 0 heterocycles. The molecule has 13 heavy (non-hydrogen) atoms. The van der Waals surface area contributed by atoms with Crippen LogP contribution in [-0.2, 0) is 0 Å². The molecule has 0 spiro atoms. The van der Waals surface area contributed by atoms with Crippen molar-refractivity contribution in [2.24, 2.45) is 28.1 Å². The molecule has 76 valence electrons. The fourth-order valence-electron chi connectivity index (χ4n) is 4.52. The number of rotatable bonds is 3. The predicted molar refractivity (Wildman–Crippen MR) is 57.6 cm³/mol. The Balaban J connectivity index is 2.19. The van der Waals surface area contributed by atoms with E-state index in [-0.39, 0.29) is 0 Å². The highest BCUT2D eigenvalue weighted by atomic mass is 15.0. The first kappa shape index (κ1) is 9.55. The zero-order chi connectivity index (χ0) is 10.1. The molecule has 2 rings (SSSR count). The van der Waals surface area contributed by atoms with Crippen LogP contribution < -0.4 is 0 Å². The summed E-state index contributed by atoms with van der Waals surface area (Å²) in [6, 6.07) is 0. The fraction of sp³-hybridized carbons (Fsp3) is 1.00. The normalized spacial score (nSPS) is 54.7. The van der Waals surface area contributed by atoms with Gasteiger partial charge in [-0.3, -0.25) is 0 Å². The molecular weight excluding hydrogens is 156 g/mol. The van der Waals surface area contributed by atoms with Gasteiger partial charge in [-0.2, -0.15) is 0 Å². The molecule has 0 heteroatoms. The van der Waals surface area contributed by atoms with Crippen molar-refractivity contribution >= 4 is 0 Å². The summed E-state index contributed by atoms with van der Waals surface area (Å²) in [5.74, 6) is 1.74. The summed E-state index contributed by atoms with van der Waals surface area (Å²) < 4.78 is 0. The average Bonchev–Trinajstić information content (AvgIpc) is 2.84. The van der Waals surface area contributed by atoms with Crippen LogP contribution in [0.15, 0.2) is 0 Å². The van der Waals surface area contributed by atoms with Crippen molar-refractivity contribution in [3.05, 3.63) is 0 Å². The fourth-order valence-corrected chi connectivity index (χ4v) is 4.52. The van der Waals surface area contributed by atoms with Crippen LogP contribution in [0.25, 0.3) is 0 Å². The second kappa shape index (κ2) is 2.15. The molecule has 0 N–H and O–H groups in total. The summed E-state index contributed by atoms with van der Waals surface area (Å²) in [5.41, 5.74) is 2.14. The SMILES string of the molecule is CCC12CC1(C)C2(C)C(C)C(C)C. The van der Waals surface area contributed by atoms with E-state index in [1.54, 1.807) is 0 Å². The molecule has 0 radical (unpaired) electrons. The Kier molecular flexibility index (Phi) is 1.58. The summed E-state index contributed by atoms with van der Waals surface area (Å²) in [6.07, 6.45) is 2.90. The predicted octanol–water partition coefficient (Wildman–Crippen LogP) is 4.10. The molecule has 0 aromatic rings. The van der Waals surface area contributed by atoms with Crippen LogP contribution in [0.4, 0.5) is 0 Å². The molecule has 0 saturated heterocycles. The molecule has 0 aromatic carbocycles. The minimum atomic E-state index is 0.670. The van der Waals surface area contributed by atoms with Gasteiger partial charge in [0.2, 0.25) is 0 Å². The van der Waals surface area contributed by atoms with Crippen LogP contribution in [0.1, 0.15) is 54.4 Å². The summed E-state index contributed by atoms with van der Waals surface area (Å²) >= 11 is 0. The number of hydrogen-bond acceptors (Lipinski definition) is 0. The van der Waals surface area contributed by atoms with Gasteiger partial charge in [0.05, 0.1) is 0 Å². The van der Waals surface area contributed by atoms with Crippen LogP contribution in [0.3, 0.4) is 0 Å². The van der Waals surface area contributed by atoms with E-state index in [0.29, 0.717) is 5.41 Å². The van der Waals surface area contributed by atoms with E-state index in [4.69, 9.17) is 0 Å². The van der Waals surface area contributed by atoms with Gasteiger partial charge in [-0.15, -0.1) is 0 Å². The lowest BCUT2D eigenvalue weighted by Gasteiger charge is -2.34. The Bertz CT molecular complexity index is 238. The summed E-state index contributed by atoms with van der Waals surface area (Å²) in [6.45, 7) is 14.6. The van der Waals surface area contributed by atoms with E-state index in [1.807, 2.05) is 0 Å². The van der Waals surface area contributed by atoms with Crippen molar-refractivity contribution in [2.75, 3.05) is 0 Å². The molecule has 2 aliphatic rings. The van der Waals surface area contributed by atoms with Gasteiger partial charge < -0.3 is 0 Å². The Labute approximate surface area is 83.1 Å². The Morgan fingerprint density at radius 3 is 1.92 bits per heavy atom. The Hall–Kier alpha value is 0. The molecule has 0 aliphatic heterocycles. The van der Waals surface area contributed by atoms with Crippen LogP contribution in [0.2, 0.25) is 0 Å². The zero-order valence-corrected chi connectivity index (χ0v) is 10.1. The molecule has 4 atom stereocenters. The minimum absolute atomic E-state index is 0.670. The van der Waals surface area contributed by atoms with Gasteiger partial charge in [0, 0.05) is 0 Å². The van der Waals surface area contributed by atoms with E-state index in [2.05, 4.69) is 41.5 Å². The maximum Gasteiger partial charge on any atom is -0.0173 e. The van der Waals surface area contributed by atoms with Gasteiger partial charge in [0.15, 0.2) is 0 Å². The Morgan fingerprint density at radius 2 is 1.69 bits per heavy atom. The van der Waals surface area contributed by atoms with Crippen molar-refractivity contribution in [3.63, 3.8) is 0 Å². The first-order valence-electron chi connectivity index (χ1n) is 5.87. The molecule has 0 bridgehead atoms. The highest BCUT2D eigenvalue weighted by Crippen LogP contribution is 3.00. The molecule has 0 nitrogen and oxygen atoms in total. The second-order valence-corrected chi connectivity index (χ2v) is 6.18. The van der Waals surface area contributed by atoms with Crippen molar-refractivity contribution < 1.29 is 0 Å². The third-order valence-corrected chi connectivity index (χ3v) is 6.18. The van der Waals surface area contributed by atoms with Gasteiger partial charge in [0.1, 0.15) is 0 Å². The summed E-state index contributed by atoms with van der Waals surface area (Å²) in [5, 5.41) is 0. The topological polar surface area (TPSA) is 0 Å². The molecule has 4 unspecified atom stereocenters. The lowest BCUT2D eigenvalue weighted by molar-refractivity contribution is 0.144. The van der Waals surface area contributed by atoms with Crippen LogP contribution in [-0.4, -0.2) is 0 Å². The summed E-state index contributed by atoms with van der Waals surface area (Å²) in [4.78, 5) is 0. The smallest absolute Gasteiger partial charge is 0.0173 e. The highest BCUT2D eigenvalue weighted by molar-refractivity contribution is 5.41. The quantitative estimate of drug-likeness (QED) is 0.613. The molecule has 0 aromatic heterocycles. The second-order valence-electron chi connectivity index (χ2n) is 6.18. The highest BCUT2D eigenvalue weighted by Gasteiger charge is 2.94. The van der Waals surface area contributed by atoms with Gasteiger partial charge in [-0.05, 0) is 40.9 Å². The number of hydrogen-bond donors (Lipinski definition) is 0. The molecule has 0 amide bonds. The maximum atomic E-state index is 2.53. The number of fused-ring (bicyclic) bond motifs is 1. The van der Waals surface area contributed by atoms with Gasteiger partial charge in [-0.25, -0.2) is 0 Å². The van der Waals surface area contributed by atoms with E-state index >= 15 is 0 Å². The van der Waals surface area contributed by atoms with E-state index in [1.165, 1.54) is 12.8 Å². The van der Waals surface area contributed by atoms with Crippen molar-refractivity contribution in [1.29, 1.82) is 0 Å². The first-order chi connectivity index (χ1) is 5.87. The van der Waals surface area contributed by atoms with Crippen LogP contribution >= 0.6 is 0 Å². The van der Waals surface area contributed by atoms with Gasteiger partial charge in [-0.1, -0.05) is 41.5 Å². The third-order valence-electron chi connectivity index (χ3n) is 6.18. The third kappa shape index (κ3) is 0.680. The standard InChI is InChI=1S/C13H24/c1-7-13-8-11(13,5)12(13,6)10(4)9(2)3/h9-10H,7-8H2,1-6H3. The zero-order valence-electron chi connectivity index (χ0n) is 10.1. The van der Waals surface area contributed by atoms with Gasteiger partial charge in [0.25, 0.3) is 0 Å². The largest absolute Gasteiger partial charge is 0.0648 e. The first-order valence-corrected chi connectivity index (χ1v) is 5.87. The van der Waals surface area contributed by atoms with Crippen molar-refractivity contribution in [3.8, 4) is 0 Å². The molecule has 2 aliphatic carbocycles. The maximum absolute atomic E-state index is 2.53. The van der Waals surface area contributed by atoms with Crippen molar-refractivity contribution in [1.82, 2.24) is 0 Å². The molecule has 2 saturated carbocycles. The summed E-state index contributed by atoms with van der Waals surface area (Å²) in [7, 11) is 0.